The average molecular weight is 433 g/mol. The molecule has 0 saturated heterocycles. The topological polar surface area (TPSA) is 64.7 Å². The number of hydrogen-bond acceptors (Lipinski definition) is 4. The summed E-state index contributed by atoms with van der Waals surface area (Å²) in [5.74, 6) is 0.0355. The first-order valence-corrected chi connectivity index (χ1v) is 10.8. The molecule has 32 heavy (non-hydrogen) atoms. The van der Waals surface area contributed by atoms with Gasteiger partial charge < -0.3 is 20.4 Å². The first-order valence-electron chi connectivity index (χ1n) is 10.8. The van der Waals surface area contributed by atoms with Crippen molar-refractivity contribution in [2.45, 2.75) is 18.9 Å². The van der Waals surface area contributed by atoms with Crippen LogP contribution in [0.25, 0.3) is 12.2 Å². The van der Waals surface area contributed by atoms with Crippen molar-refractivity contribution in [3.8, 4) is 0 Å². The van der Waals surface area contributed by atoms with Crippen LogP contribution in [0.15, 0.2) is 59.7 Å². The van der Waals surface area contributed by atoms with E-state index in [-0.39, 0.29) is 17.9 Å². The van der Waals surface area contributed by atoms with Crippen LogP contribution in [-0.2, 0) is 4.79 Å². The van der Waals surface area contributed by atoms with Crippen molar-refractivity contribution in [1.82, 2.24) is 10.6 Å². The third kappa shape index (κ3) is 5.78. The second-order valence-corrected chi connectivity index (χ2v) is 8.47. The van der Waals surface area contributed by atoms with Crippen molar-refractivity contribution in [3.05, 3.63) is 70.8 Å². The second-order valence-electron chi connectivity index (χ2n) is 8.47. The molecule has 168 valence electrons. The highest BCUT2D eigenvalue weighted by Crippen LogP contribution is 2.29. The van der Waals surface area contributed by atoms with Gasteiger partial charge in [0.15, 0.2) is 5.78 Å². The van der Waals surface area contributed by atoms with E-state index in [4.69, 9.17) is 0 Å². The van der Waals surface area contributed by atoms with Crippen LogP contribution < -0.4 is 20.4 Å². The fourth-order valence-corrected chi connectivity index (χ4v) is 3.74. The Hall–Kier alpha value is -3.54. The quantitative estimate of drug-likeness (QED) is 0.703. The summed E-state index contributed by atoms with van der Waals surface area (Å²) in [4.78, 5) is 29.3. The lowest BCUT2D eigenvalue weighted by Crippen LogP contribution is -2.43. The van der Waals surface area contributed by atoms with Gasteiger partial charge in [-0.2, -0.15) is 0 Å². The van der Waals surface area contributed by atoms with Gasteiger partial charge in [0.05, 0.1) is 0 Å². The predicted octanol–water partition coefficient (Wildman–Crippen LogP) is 3.95. The molecule has 0 bridgehead atoms. The maximum absolute atomic E-state index is 13.3. The maximum Gasteiger partial charge on any atom is 0.314 e. The van der Waals surface area contributed by atoms with E-state index in [1.807, 2.05) is 98.7 Å². The molecule has 6 heteroatoms. The number of nitrogens with zero attached hydrogens (tertiary/aromatic N) is 2. The molecule has 0 aromatic heterocycles. The van der Waals surface area contributed by atoms with E-state index in [1.165, 1.54) is 0 Å². The third-order valence-electron chi connectivity index (χ3n) is 5.58. The van der Waals surface area contributed by atoms with E-state index in [1.54, 1.807) is 7.05 Å². The van der Waals surface area contributed by atoms with Gasteiger partial charge in [-0.3, -0.25) is 4.79 Å². The zero-order valence-corrected chi connectivity index (χ0v) is 19.5. The Bertz CT molecular complexity index is 945. The molecular weight excluding hydrogens is 400 g/mol. The Kier molecular flexibility index (Phi) is 7.36. The van der Waals surface area contributed by atoms with Crippen molar-refractivity contribution >= 4 is 35.3 Å². The predicted molar refractivity (Wildman–Crippen MR) is 133 cm³/mol. The Balaban J connectivity index is 1.92. The Morgan fingerprint density at radius 1 is 0.812 bits per heavy atom. The molecule has 2 amide bonds. The monoisotopic (exact) mass is 432 g/mol. The van der Waals surface area contributed by atoms with E-state index in [2.05, 4.69) is 10.6 Å². The molecule has 1 fully saturated rings. The number of anilines is 2. The number of hydrogen-bond donors (Lipinski definition) is 2. The first-order chi connectivity index (χ1) is 15.3. The molecule has 0 radical (unpaired) electrons. The Morgan fingerprint density at radius 2 is 1.22 bits per heavy atom. The first kappa shape index (κ1) is 23.1. The number of urea groups is 1. The lowest BCUT2D eigenvalue weighted by atomic mass is 9.83. The van der Waals surface area contributed by atoms with Gasteiger partial charge in [-0.25, -0.2) is 4.79 Å². The number of rotatable bonds is 5. The molecule has 2 aromatic rings. The number of carbonyl (C=O) groups is 2. The lowest BCUT2D eigenvalue weighted by molar-refractivity contribution is -0.113. The molecule has 2 N–H and O–H groups in total. The molecule has 0 spiro atoms. The lowest BCUT2D eigenvalue weighted by Gasteiger charge is -2.26. The van der Waals surface area contributed by atoms with Crippen LogP contribution in [0.3, 0.4) is 0 Å². The molecule has 6 nitrogen and oxygen atoms in total. The minimum atomic E-state index is -0.242. The van der Waals surface area contributed by atoms with Crippen LogP contribution >= 0.6 is 0 Å². The standard InChI is InChI=1S/C26H32N4O2/c1-27-26(32)28-22-16-20(14-18-6-10-23(11-7-18)29(2)3)25(31)21(17-22)15-19-8-12-24(13-9-19)30(4)5/h6-15,22H,16-17H2,1-5H3,(H2,27,28,32)/b20-14+,21-15+. The van der Waals surface area contributed by atoms with Crippen LogP contribution in [0.4, 0.5) is 16.2 Å². The molecule has 0 atom stereocenters. The minimum absolute atomic E-state index is 0.0355. The molecule has 0 unspecified atom stereocenters. The van der Waals surface area contributed by atoms with E-state index in [9.17, 15) is 9.59 Å². The van der Waals surface area contributed by atoms with Crippen LogP contribution in [0.1, 0.15) is 24.0 Å². The van der Waals surface area contributed by atoms with Crippen LogP contribution in [-0.4, -0.2) is 53.1 Å². The van der Waals surface area contributed by atoms with Gasteiger partial charge >= 0.3 is 6.03 Å². The highest BCUT2D eigenvalue weighted by atomic mass is 16.2. The number of Topliss-reactive ketones (excluding diaryl/α,β-unsaturated/α-hetero) is 1. The van der Waals surface area contributed by atoms with Gasteiger partial charge in [0.25, 0.3) is 0 Å². The fraction of sp³-hybridized carbons (Fsp3) is 0.308. The van der Waals surface area contributed by atoms with Gasteiger partial charge in [-0.1, -0.05) is 24.3 Å². The van der Waals surface area contributed by atoms with Gasteiger partial charge in [-0.05, 0) is 60.4 Å². The average Bonchev–Trinajstić information content (AvgIpc) is 2.77. The summed E-state index contributed by atoms with van der Waals surface area (Å²) in [7, 11) is 9.57. The van der Waals surface area contributed by atoms with Gasteiger partial charge in [0.2, 0.25) is 0 Å². The molecule has 1 aliphatic rings. The van der Waals surface area contributed by atoms with Gasteiger partial charge in [0.1, 0.15) is 0 Å². The molecule has 2 aromatic carbocycles. The number of ketones is 1. The summed E-state index contributed by atoms with van der Waals surface area (Å²) < 4.78 is 0. The number of benzene rings is 2. The zero-order chi connectivity index (χ0) is 23.3. The summed E-state index contributed by atoms with van der Waals surface area (Å²) in [5, 5.41) is 5.57. The van der Waals surface area contributed by atoms with Crippen molar-refractivity contribution in [2.24, 2.45) is 0 Å². The van der Waals surface area contributed by atoms with E-state index < -0.39 is 0 Å². The highest BCUT2D eigenvalue weighted by Gasteiger charge is 2.28. The molecule has 0 heterocycles. The molecule has 1 saturated carbocycles. The van der Waals surface area contributed by atoms with Crippen molar-refractivity contribution < 1.29 is 9.59 Å². The van der Waals surface area contributed by atoms with Crippen LogP contribution in [0, 0.1) is 0 Å². The summed E-state index contributed by atoms with van der Waals surface area (Å²) in [5.41, 5.74) is 5.53. The fourth-order valence-electron chi connectivity index (χ4n) is 3.74. The van der Waals surface area contributed by atoms with Crippen LogP contribution in [0.5, 0.6) is 0 Å². The molecular formula is C26H32N4O2. The van der Waals surface area contributed by atoms with Crippen molar-refractivity contribution in [1.29, 1.82) is 0 Å². The van der Waals surface area contributed by atoms with E-state index in [0.29, 0.717) is 24.0 Å². The van der Waals surface area contributed by atoms with Crippen molar-refractivity contribution in [3.63, 3.8) is 0 Å². The van der Waals surface area contributed by atoms with Gasteiger partial charge in [0, 0.05) is 63.8 Å². The third-order valence-corrected chi connectivity index (χ3v) is 5.58. The Labute approximate surface area is 190 Å². The maximum atomic E-state index is 13.3. The number of amides is 2. The summed E-state index contributed by atoms with van der Waals surface area (Å²) in [6.45, 7) is 0. The molecule has 1 aliphatic carbocycles. The highest BCUT2D eigenvalue weighted by molar-refractivity contribution is 6.14. The number of carbonyl (C=O) groups excluding carboxylic acids is 2. The van der Waals surface area contributed by atoms with E-state index in [0.717, 1.165) is 22.5 Å². The zero-order valence-electron chi connectivity index (χ0n) is 19.5. The number of nitrogens with one attached hydrogen (secondary N) is 2. The largest absolute Gasteiger partial charge is 0.378 e. The van der Waals surface area contributed by atoms with E-state index >= 15 is 0 Å². The Morgan fingerprint density at radius 3 is 1.56 bits per heavy atom. The van der Waals surface area contributed by atoms with Crippen molar-refractivity contribution in [2.75, 3.05) is 45.0 Å². The van der Waals surface area contributed by atoms with Crippen LogP contribution in [0.2, 0.25) is 0 Å². The SMILES string of the molecule is CNC(=O)NC1C/C(=C\c2ccc(N(C)C)cc2)C(=O)/C(=C/c2ccc(N(C)C)cc2)C1. The smallest absolute Gasteiger partial charge is 0.314 e. The second kappa shape index (κ2) is 10.2. The summed E-state index contributed by atoms with van der Waals surface area (Å²) in [6.07, 6.45) is 4.86. The molecule has 0 aliphatic heterocycles. The summed E-state index contributed by atoms with van der Waals surface area (Å²) in [6, 6.07) is 15.8. The summed E-state index contributed by atoms with van der Waals surface area (Å²) >= 11 is 0. The minimum Gasteiger partial charge on any atom is -0.378 e. The normalized spacial score (nSPS) is 18.5. The van der Waals surface area contributed by atoms with Gasteiger partial charge in [-0.15, -0.1) is 0 Å². The molecule has 3 rings (SSSR count).